The first-order valence-electron chi connectivity index (χ1n) is 9.38. The maximum atomic E-state index is 13.0. The van der Waals surface area contributed by atoms with E-state index in [4.69, 9.17) is 0 Å². The number of likely N-dealkylation sites (tertiary alicyclic amines) is 1. The van der Waals surface area contributed by atoms with E-state index in [0.29, 0.717) is 18.7 Å². The number of para-hydroxylation sites is 1. The molecule has 0 bridgehead atoms. The Hall–Kier alpha value is -3.45. The summed E-state index contributed by atoms with van der Waals surface area (Å²) in [6, 6.07) is 10.3. The fraction of sp³-hybridized carbons (Fsp3) is 0.227. The minimum absolute atomic E-state index is 0.102. The fourth-order valence-corrected chi connectivity index (χ4v) is 3.73. The zero-order valence-corrected chi connectivity index (χ0v) is 16.3. The maximum absolute atomic E-state index is 13.0. The van der Waals surface area contributed by atoms with Gasteiger partial charge in [0.1, 0.15) is 5.76 Å². The van der Waals surface area contributed by atoms with Gasteiger partial charge in [-0.3, -0.25) is 14.6 Å². The second-order valence-electron chi connectivity index (χ2n) is 7.32. The third-order valence-electron chi connectivity index (χ3n) is 5.20. The van der Waals surface area contributed by atoms with Crippen molar-refractivity contribution in [2.75, 3.05) is 27.2 Å². The second-order valence-corrected chi connectivity index (χ2v) is 7.32. The molecule has 4 rings (SSSR count). The van der Waals surface area contributed by atoms with Crippen LogP contribution in [0.15, 0.2) is 60.6 Å². The molecule has 3 heterocycles. The number of aliphatic hydroxyl groups excluding tert-OH is 1. The molecule has 7 nitrogen and oxygen atoms in total. The number of aromatic amines is 1. The normalized spacial score (nSPS) is 18.9. The highest BCUT2D eigenvalue weighted by atomic mass is 16.3. The molecule has 1 fully saturated rings. The molecule has 1 aliphatic rings. The first-order valence-corrected chi connectivity index (χ1v) is 9.38. The molecule has 0 aliphatic carbocycles. The Morgan fingerprint density at radius 1 is 1.17 bits per heavy atom. The van der Waals surface area contributed by atoms with Crippen molar-refractivity contribution in [3.05, 3.63) is 71.7 Å². The lowest BCUT2D eigenvalue weighted by molar-refractivity contribution is -0.140. The average Bonchev–Trinajstić information content (AvgIpc) is 3.26. The molecule has 1 aliphatic heterocycles. The molecule has 1 unspecified atom stereocenters. The number of benzene rings is 1. The minimum Gasteiger partial charge on any atom is -0.507 e. The highest BCUT2D eigenvalue weighted by molar-refractivity contribution is 6.46. The van der Waals surface area contributed by atoms with Gasteiger partial charge in [-0.2, -0.15) is 0 Å². The molecule has 29 heavy (non-hydrogen) atoms. The van der Waals surface area contributed by atoms with E-state index in [1.165, 1.54) is 12.4 Å². The number of aromatic nitrogens is 2. The zero-order chi connectivity index (χ0) is 20.5. The number of aliphatic hydroxyl groups is 1. The van der Waals surface area contributed by atoms with Crippen LogP contribution in [-0.2, 0) is 9.59 Å². The van der Waals surface area contributed by atoms with E-state index in [-0.39, 0.29) is 11.3 Å². The summed E-state index contributed by atoms with van der Waals surface area (Å²) >= 11 is 0. The predicted octanol–water partition coefficient (Wildman–Crippen LogP) is 2.55. The van der Waals surface area contributed by atoms with Gasteiger partial charge in [0, 0.05) is 53.7 Å². The van der Waals surface area contributed by atoms with Crippen LogP contribution in [0.2, 0.25) is 0 Å². The Kier molecular flexibility index (Phi) is 4.90. The number of rotatable bonds is 5. The Morgan fingerprint density at radius 2 is 1.90 bits per heavy atom. The van der Waals surface area contributed by atoms with E-state index in [1.807, 2.05) is 49.5 Å². The van der Waals surface area contributed by atoms with Crippen LogP contribution in [0.4, 0.5) is 0 Å². The first-order chi connectivity index (χ1) is 14.0. The Bertz CT molecular complexity index is 1100. The van der Waals surface area contributed by atoms with Crippen molar-refractivity contribution in [3.8, 4) is 0 Å². The van der Waals surface area contributed by atoms with Gasteiger partial charge in [0.25, 0.3) is 11.7 Å². The molecule has 0 saturated carbocycles. The number of ketones is 1. The van der Waals surface area contributed by atoms with E-state index in [9.17, 15) is 14.7 Å². The number of H-pyrrole nitrogens is 1. The van der Waals surface area contributed by atoms with Gasteiger partial charge in [-0.1, -0.05) is 18.2 Å². The number of hydrogen-bond donors (Lipinski definition) is 2. The van der Waals surface area contributed by atoms with E-state index < -0.39 is 17.7 Å². The number of amides is 1. The Labute approximate surface area is 168 Å². The minimum atomic E-state index is -0.673. The second kappa shape index (κ2) is 7.52. The third kappa shape index (κ3) is 3.30. The summed E-state index contributed by atoms with van der Waals surface area (Å²) in [5.41, 5.74) is 2.25. The number of likely N-dealkylation sites (N-methyl/N-ethyl adjacent to an activating group) is 1. The van der Waals surface area contributed by atoms with Crippen molar-refractivity contribution >= 4 is 28.4 Å². The fourth-order valence-electron chi connectivity index (χ4n) is 3.73. The molecule has 1 aromatic carbocycles. The largest absolute Gasteiger partial charge is 0.507 e. The standard InChI is InChI=1S/C22H22N4O3/c1-25(2)11-12-26-19(16-13-24-17-6-4-3-5-15(16)17)18(21(28)22(26)29)20(27)14-7-9-23-10-8-14/h3-10,13,19,24,27H,11-12H2,1-2H3/b20-18+. The van der Waals surface area contributed by atoms with Crippen LogP contribution in [0.25, 0.3) is 16.7 Å². The van der Waals surface area contributed by atoms with Gasteiger partial charge >= 0.3 is 0 Å². The van der Waals surface area contributed by atoms with Crippen LogP contribution in [0.1, 0.15) is 17.2 Å². The SMILES string of the molecule is CN(C)CCN1C(=O)C(=O)/C(=C(/O)c2ccncc2)C1c1c[nH]c2ccccc12. The number of nitrogens with one attached hydrogen (secondary N) is 1. The van der Waals surface area contributed by atoms with Crippen LogP contribution >= 0.6 is 0 Å². The molecule has 3 aromatic rings. The van der Waals surface area contributed by atoms with Gasteiger partial charge in [0.05, 0.1) is 11.6 Å². The molecule has 2 aromatic heterocycles. The number of nitrogens with zero attached hydrogens (tertiary/aromatic N) is 3. The van der Waals surface area contributed by atoms with Crippen molar-refractivity contribution in [2.45, 2.75) is 6.04 Å². The van der Waals surface area contributed by atoms with Crippen molar-refractivity contribution in [1.29, 1.82) is 0 Å². The Morgan fingerprint density at radius 3 is 2.62 bits per heavy atom. The Balaban J connectivity index is 1.91. The molecule has 0 spiro atoms. The summed E-state index contributed by atoms with van der Waals surface area (Å²) in [5.74, 6) is -1.46. The van der Waals surface area contributed by atoms with Crippen LogP contribution in [0.3, 0.4) is 0 Å². The lowest BCUT2D eigenvalue weighted by atomic mass is 9.95. The van der Waals surface area contributed by atoms with E-state index >= 15 is 0 Å². The summed E-state index contributed by atoms with van der Waals surface area (Å²) in [5, 5.41) is 11.9. The molecular weight excluding hydrogens is 368 g/mol. The third-order valence-corrected chi connectivity index (χ3v) is 5.20. The van der Waals surface area contributed by atoms with Crippen LogP contribution in [-0.4, -0.2) is 63.7 Å². The summed E-state index contributed by atoms with van der Waals surface area (Å²) in [7, 11) is 3.82. The van der Waals surface area contributed by atoms with Crippen molar-refractivity contribution in [1.82, 2.24) is 19.8 Å². The summed E-state index contributed by atoms with van der Waals surface area (Å²) < 4.78 is 0. The lowest BCUT2D eigenvalue weighted by Crippen LogP contribution is -2.35. The smallest absolute Gasteiger partial charge is 0.295 e. The van der Waals surface area contributed by atoms with E-state index in [2.05, 4.69) is 9.97 Å². The monoisotopic (exact) mass is 390 g/mol. The number of carbonyl (C=O) groups excluding carboxylic acids is 2. The molecule has 7 heteroatoms. The molecule has 1 atom stereocenters. The quantitative estimate of drug-likeness (QED) is 0.397. The molecule has 148 valence electrons. The number of fused-ring (bicyclic) bond motifs is 1. The molecule has 1 amide bonds. The molecule has 0 radical (unpaired) electrons. The topological polar surface area (TPSA) is 89.5 Å². The number of Topliss-reactive ketones (excluding diaryl/α,β-unsaturated/α-hetero) is 1. The average molecular weight is 390 g/mol. The van der Waals surface area contributed by atoms with Crippen molar-refractivity contribution in [2.24, 2.45) is 0 Å². The number of carbonyl (C=O) groups is 2. The maximum Gasteiger partial charge on any atom is 0.295 e. The van der Waals surface area contributed by atoms with E-state index in [0.717, 1.165) is 16.5 Å². The molecule has 2 N–H and O–H groups in total. The predicted molar refractivity (Wildman–Crippen MR) is 110 cm³/mol. The number of hydrogen-bond acceptors (Lipinski definition) is 5. The van der Waals surface area contributed by atoms with Crippen LogP contribution < -0.4 is 0 Å². The summed E-state index contributed by atoms with van der Waals surface area (Å²) in [6.45, 7) is 0.968. The number of pyridine rings is 1. The van der Waals surface area contributed by atoms with Gasteiger partial charge < -0.3 is 19.9 Å². The van der Waals surface area contributed by atoms with E-state index in [1.54, 1.807) is 17.0 Å². The van der Waals surface area contributed by atoms with Gasteiger partial charge in [0.2, 0.25) is 0 Å². The van der Waals surface area contributed by atoms with Crippen molar-refractivity contribution < 1.29 is 14.7 Å². The molecule has 1 saturated heterocycles. The zero-order valence-electron chi connectivity index (χ0n) is 16.3. The van der Waals surface area contributed by atoms with Gasteiger partial charge in [-0.25, -0.2) is 0 Å². The summed E-state index contributed by atoms with van der Waals surface area (Å²) in [6.07, 6.45) is 4.89. The van der Waals surface area contributed by atoms with Gasteiger partial charge in [-0.15, -0.1) is 0 Å². The lowest BCUT2D eigenvalue weighted by Gasteiger charge is -2.26. The highest BCUT2D eigenvalue weighted by Gasteiger charge is 2.46. The van der Waals surface area contributed by atoms with Crippen LogP contribution in [0.5, 0.6) is 0 Å². The highest BCUT2D eigenvalue weighted by Crippen LogP contribution is 2.41. The first kappa shape index (κ1) is 18.9. The van der Waals surface area contributed by atoms with Crippen LogP contribution in [0, 0.1) is 0 Å². The van der Waals surface area contributed by atoms with Crippen molar-refractivity contribution in [3.63, 3.8) is 0 Å². The molecular formula is C22H22N4O3. The van der Waals surface area contributed by atoms with Gasteiger partial charge in [-0.05, 0) is 32.3 Å². The van der Waals surface area contributed by atoms with Gasteiger partial charge in [0.15, 0.2) is 0 Å². The summed E-state index contributed by atoms with van der Waals surface area (Å²) in [4.78, 5) is 36.5.